The van der Waals surface area contributed by atoms with Crippen molar-refractivity contribution in [2.24, 2.45) is 11.5 Å². The number of halogens is 3. The minimum atomic E-state index is -4.34. The molecule has 120 valence electrons. The Labute approximate surface area is 122 Å². The second-order valence-corrected chi connectivity index (χ2v) is 4.06. The summed E-state index contributed by atoms with van der Waals surface area (Å²) in [5, 5.41) is 18.1. The zero-order valence-electron chi connectivity index (χ0n) is 11.1. The van der Waals surface area contributed by atoms with Crippen LogP contribution >= 0.6 is 0 Å². The van der Waals surface area contributed by atoms with Gasteiger partial charge in [-0.15, -0.1) is 10.2 Å². The Bertz CT molecular complexity index is 581. The molecule has 0 aliphatic heterocycles. The molecule has 0 radical (unpaired) electrons. The van der Waals surface area contributed by atoms with Crippen LogP contribution in [0.2, 0.25) is 0 Å². The summed E-state index contributed by atoms with van der Waals surface area (Å²) >= 11 is 0. The highest BCUT2D eigenvalue weighted by atomic mass is 19.4. The number of nitrogens with two attached hydrogens (primary N) is 2. The number of alkyl halides is 3. The average Bonchev–Trinajstić information content (AvgIpc) is 2.90. The number of nitrogens with zero attached hydrogens (tertiary/aromatic N) is 4. The molecule has 1 aromatic carbocycles. The maximum absolute atomic E-state index is 12.4. The summed E-state index contributed by atoms with van der Waals surface area (Å²) in [7, 11) is 0. The Morgan fingerprint density at radius 3 is 2.27 bits per heavy atom. The lowest BCUT2D eigenvalue weighted by atomic mass is 10.1. The van der Waals surface area contributed by atoms with E-state index >= 15 is 0 Å². The molecule has 0 fully saturated rings. The van der Waals surface area contributed by atoms with Gasteiger partial charge in [-0.25, -0.2) is 4.79 Å². The number of aromatic nitrogens is 4. The molecule has 0 saturated heterocycles. The lowest BCUT2D eigenvalue weighted by molar-refractivity contribution is -0.137. The number of hydrogen-bond acceptors (Lipinski definition) is 5. The van der Waals surface area contributed by atoms with Gasteiger partial charge in [0.05, 0.1) is 18.2 Å². The van der Waals surface area contributed by atoms with Crippen LogP contribution in [0.3, 0.4) is 0 Å². The molecule has 22 heavy (non-hydrogen) atoms. The molecule has 0 saturated carbocycles. The number of hydrogen-bond donors (Lipinski definition) is 3. The summed E-state index contributed by atoms with van der Waals surface area (Å²) in [5.74, 6) is 0. The van der Waals surface area contributed by atoms with Gasteiger partial charge in [0, 0.05) is 0 Å². The quantitative estimate of drug-likeness (QED) is 0.773. The normalized spacial score (nSPS) is 12.2. The standard InChI is InChI=1S/C10H10F3N5.CH3NO2/c11-10(12,13)8-3-1-7(2-4-8)9(14)5-18-16-6-15-17-18;2-1(3)4/h1-4,6,9H,5,14H2;2H2,(H,3,4). The predicted molar refractivity (Wildman–Crippen MR) is 68.4 cm³/mol. The largest absolute Gasteiger partial charge is 0.465 e. The second-order valence-electron chi connectivity index (χ2n) is 4.06. The van der Waals surface area contributed by atoms with E-state index in [1.54, 1.807) is 0 Å². The highest BCUT2D eigenvalue weighted by Gasteiger charge is 2.30. The van der Waals surface area contributed by atoms with Gasteiger partial charge in [0.25, 0.3) is 0 Å². The maximum atomic E-state index is 12.4. The first-order chi connectivity index (χ1) is 10.2. The van der Waals surface area contributed by atoms with Gasteiger partial charge in [0.1, 0.15) is 0 Å². The molecule has 1 atom stereocenters. The molecule has 0 spiro atoms. The number of amides is 1. The third-order valence-corrected chi connectivity index (χ3v) is 2.42. The van der Waals surface area contributed by atoms with Crippen molar-refractivity contribution >= 4 is 6.09 Å². The second kappa shape index (κ2) is 7.36. The molecular weight excluding hydrogens is 305 g/mol. The van der Waals surface area contributed by atoms with Crippen LogP contribution in [0, 0.1) is 0 Å². The van der Waals surface area contributed by atoms with Gasteiger partial charge in [0.15, 0.2) is 6.33 Å². The molecule has 1 heterocycles. The fourth-order valence-electron chi connectivity index (χ4n) is 1.47. The number of carboxylic acid groups (broad SMARTS) is 1. The van der Waals surface area contributed by atoms with Gasteiger partial charge in [0.2, 0.25) is 0 Å². The highest BCUT2D eigenvalue weighted by Crippen LogP contribution is 2.29. The molecule has 2 rings (SSSR count). The van der Waals surface area contributed by atoms with Crippen LogP contribution in [0.5, 0.6) is 0 Å². The van der Waals surface area contributed by atoms with Crippen molar-refractivity contribution in [3.8, 4) is 0 Å². The predicted octanol–water partition coefficient (Wildman–Crippen LogP) is 1.01. The molecular formula is C11H13F3N6O2. The molecule has 2 aromatic rings. The molecule has 1 amide bonds. The van der Waals surface area contributed by atoms with Gasteiger partial charge in [-0.3, -0.25) is 0 Å². The van der Waals surface area contributed by atoms with E-state index in [4.69, 9.17) is 15.6 Å². The van der Waals surface area contributed by atoms with Crippen LogP contribution in [-0.2, 0) is 12.7 Å². The molecule has 0 bridgehead atoms. The molecule has 0 aliphatic carbocycles. The summed E-state index contributed by atoms with van der Waals surface area (Å²) < 4.78 is 37.1. The van der Waals surface area contributed by atoms with E-state index in [1.165, 1.54) is 23.3 Å². The molecule has 1 unspecified atom stereocenters. The smallest absolute Gasteiger partial charge is 0.416 e. The van der Waals surface area contributed by atoms with Crippen molar-refractivity contribution in [2.45, 2.75) is 18.8 Å². The Hall–Kier alpha value is -2.69. The number of rotatable bonds is 3. The van der Waals surface area contributed by atoms with Gasteiger partial charge in [-0.05, 0) is 22.9 Å². The van der Waals surface area contributed by atoms with Crippen molar-refractivity contribution in [3.63, 3.8) is 0 Å². The van der Waals surface area contributed by atoms with Crippen LogP contribution in [0.1, 0.15) is 17.2 Å². The van der Waals surface area contributed by atoms with Crippen molar-refractivity contribution in [2.75, 3.05) is 0 Å². The zero-order valence-corrected chi connectivity index (χ0v) is 11.1. The Balaban J connectivity index is 0.000000541. The summed E-state index contributed by atoms with van der Waals surface area (Å²) in [6, 6.07) is 4.23. The monoisotopic (exact) mass is 318 g/mol. The van der Waals surface area contributed by atoms with Crippen LogP contribution < -0.4 is 11.5 Å². The Kier molecular flexibility index (Phi) is 5.81. The first-order valence-corrected chi connectivity index (χ1v) is 5.82. The summed E-state index contributed by atoms with van der Waals surface area (Å²) in [4.78, 5) is 10.1. The van der Waals surface area contributed by atoms with Gasteiger partial charge >= 0.3 is 12.3 Å². The highest BCUT2D eigenvalue weighted by molar-refractivity contribution is 5.61. The third-order valence-electron chi connectivity index (χ3n) is 2.42. The van der Waals surface area contributed by atoms with E-state index in [0.717, 1.165) is 12.1 Å². The molecule has 0 aliphatic rings. The van der Waals surface area contributed by atoms with Crippen molar-refractivity contribution in [1.29, 1.82) is 0 Å². The minimum Gasteiger partial charge on any atom is -0.465 e. The number of tetrazole rings is 1. The fourth-order valence-corrected chi connectivity index (χ4v) is 1.47. The van der Waals surface area contributed by atoms with Gasteiger partial charge < -0.3 is 16.6 Å². The van der Waals surface area contributed by atoms with E-state index < -0.39 is 23.9 Å². The van der Waals surface area contributed by atoms with Crippen LogP contribution in [0.15, 0.2) is 30.6 Å². The minimum absolute atomic E-state index is 0.255. The van der Waals surface area contributed by atoms with E-state index in [2.05, 4.69) is 21.1 Å². The summed E-state index contributed by atoms with van der Waals surface area (Å²) in [6.07, 6.45) is -4.41. The van der Waals surface area contributed by atoms with E-state index in [-0.39, 0.29) is 6.54 Å². The number of carbonyl (C=O) groups is 1. The molecule has 8 nitrogen and oxygen atoms in total. The van der Waals surface area contributed by atoms with Gasteiger partial charge in [-0.2, -0.15) is 18.0 Å². The van der Waals surface area contributed by atoms with E-state index in [0.29, 0.717) is 5.56 Å². The van der Waals surface area contributed by atoms with E-state index in [9.17, 15) is 13.2 Å². The number of primary amides is 1. The zero-order chi connectivity index (χ0) is 16.8. The fraction of sp³-hybridized carbons (Fsp3) is 0.273. The van der Waals surface area contributed by atoms with Crippen molar-refractivity contribution in [1.82, 2.24) is 20.2 Å². The Morgan fingerprint density at radius 2 is 1.86 bits per heavy atom. The van der Waals surface area contributed by atoms with E-state index in [1.807, 2.05) is 0 Å². The lowest BCUT2D eigenvalue weighted by Gasteiger charge is -2.12. The molecule has 11 heteroatoms. The third kappa shape index (κ3) is 5.75. The maximum Gasteiger partial charge on any atom is 0.416 e. The SMILES string of the molecule is NC(=O)O.NC(Cn1ncnn1)c1ccc(C(F)(F)F)cc1. The molecule has 5 N–H and O–H groups in total. The van der Waals surface area contributed by atoms with Gasteiger partial charge in [-0.1, -0.05) is 12.1 Å². The average molecular weight is 318 g/mol. The first kappa shape index (κ1) is 17.4. The van der Waals surface area contributed by atoms with Crippen molar-refractivity contribution < 1.29 is 23.1 Å². The van der Waals surface area contributed by atoms with Crippen LogP contribution in [0.4, 0.5) is 18.0 Å². The summed E-state index contributed by atoms with van der Waals surface area (Å²) in [6.45, 7) is 0.255. The number of benzene rings is 1. The molecule has 1 aromatic heterocycles. The topological polar surface area (TPSA) is 133 Å². The summed E-state index contributed by atoms with van der Waals surface area (Å²) in [5.41, 5.74) is 9.75. The van der Waals surface area contributed by atoms with Crippen molar-refractivity contribution in [3.05, 3.63) is 41.7 Å². The van der Waals surface area contributed by atoms with Crippen LogP contribution in [0.25, 0.3) is 0 Å². The first-order valence-electron chi connectivity index (χ1n) is 5.82. The van der Waals surface area contributed by atoms with Crippen LogP contribution in [-0.4, -0.2) is 31.4 Å². The lowest BCUT2D eigenvalue weighted by Crippen LogP contribution is -2.19. The Morgan fingerprint density at radius 1 is 1.32 bits per heavy atom.